The van der Waals surface area contributed by atoms with Gasteiger partial charge < -0.3 is 29.6 Å². The zero-order valence-corrected chi connectivity index (χ0v) is 40.8. The van der Waals surface area contributed by atoms with E-state index < -0.39 is 22.1 Å². The summed E-state index contributed by atoms with van der Waals surface area (Å²) in [6, 6.07) is 25.7. The summed E-state index contributed by atoms with van der Waals surface area (Å²) >= 11 is 29.4. The number of benzene rings is 4. The van der Waals surface area contributed by atoms with Crippen LogP contribution in [0.25, 0.3) is 0 Å². The van der Waals surface area contributed by atoms with Crippen molar-refractivity contribution in [2.45, 2.75) is 23.0 Å². The van der Waals surface area contributed by atoms with Crippen LogP contribution in [0.3, 0.4) is 0 Å². The van der Waals surface area contributed by atoms with Gasteiger partial charge in [0.15, 0.2) is 0 Å². The molecule has 2 saturated heterocycles. The van der Waals surface area contributed by atoms with Crippen molar-refractivity contribution in [3.05, 3.63) is 139 Å². The Labute approximate surface area is 413 Å². The smallest absolute Gasteiger partial charge is 0.333 e. The zero-order chi connectivity index (χ0) is 45.9. The molecule has 4 aromatic rings. The Morgan fingerprint density at radius 1 is 0.606 bits per heavy atom. The molecule has 0 aliphatic carbocycles. The highest BCUT2D eigenvalue weighted by Gasteiger charge is 2.40. The molecule has 4 aliphatic heterocycles. The fourth-order valence-electron chi connectivity index (χ4n) is 8.00. The number of thioether (sulfide) groups is 2. The molecule has 348 valence electrons. The number of benzodiazepines with no additional fused rings is 2. The van der Waals surface area contributed by atoms with Gasteiger partial charge in [-0.25, -0.2) is 9.59 Å². The summed E-state index contributed by atoms with van der Waals surface area (Å²) in [5.74, 6) is -0.285. The topological polar surface area (TPSA) is 126 Å². The second-order valence-electron chi connectivity index (χ2n) is 15.9. The molecule has 4 heterocycles. The van der Waals surface area contributed by atoms with Gasteiger partial charge >= 0.3 is 11.9 Å². The maximum atomic E-state index is 14.0. The summed E-state index contributed by atoms with van der Waals surface area (Å²) in [4.78, 5) is 42.9. The number of hydrogen-bond donors (Lipinski definition) is 2. The molecule has 0 aromatic heterocycles. The number of nitrogens with one attached hydrogen (secondary N) is 2. The zero-order valence-electron chi connectivity index (χ0n) is 36.1. The summed E-state index contributed by atoms with van der Waals surface area (Å²) in [7, 11) is 0. The van der Waals surface area contributed by atoms with Crippen LogP contribution in [0.1, 0.15) is 35.1 Å². The number of fused-ring (bicyclic) bond motifs is 2. The Bertz CT molecular complexity index is 2300. The Kier molecular flexibility index (Phi) is 17.0. The lowest BCUT2D eigenvalue weighted by Gasteiger charge is -2.33. The first-order chi connectivity index (χ1) is 32.1. The number of anilines is 2. The van der Waals surface area contributed by atoms with Crippen molar-refractivity contribution >= 4 is 105 Å². The van der Waals surface area contributed by atoms with Crippen LogP contribution in [0.2, 0.25) is 20.1 Å². The third kappa shape index (κ3) is 12.6. The van der Waals surface area contributed by atoms with Gasteiger partial charge in [-0.05, 0) is 74.5 Å². The number of halogens is 4. The van der Waals surface area contributed by atoms with Gasteiger partial charge in [0.05, 0.1) is 37.9 Å². The molecular formula is C48H50Cl4N6O6S2. The Hall–Kier alpha value is -3.80. The van der Waals surface area contributed by atoms with E-state index in [1.807, 2.05) is 60.7 Å². The molecule has 18 heteroatoms. The quantitative estimate of drug-likeness (QED) is 0.0481. The van der Waals surface area contributed by atoms with Crippen LogP contribution in [0.15, 0.2) is 107 Å². The largest absolute Gasteiger partial charge is 0.424 e. The number of esters is 2. The first kappa shape index (κ1) is 48.6. The molecule has 12 nitrogen and oxygen atoms in total. The van der Waals surface area contributed by atoms with E-state index in [1.165, 1.54) is 23.5 Å². The molecule has 0 amide bonds. The van der Waals surface area contributed by atoms with Crippen LogP contribution in [0.4, 0.5) is 11.4 Å². The van der Waals surface area contributed by atoms with Gasteiger partial charge in [-0.15, -0.1) is 0 Å². The SMILES string of the molecule is O=C(/C=C/C(=O)OC1(SCCCN2CCOCC2)CN=C(c2ccccc2Cl)c2cc(Cl)ccc2N1)OC1(SCCCN2CCOCC2)CN=C(c2ccccc2Cl)c2cc(Cl)ccc2N1. The van der Waals surface area contributed by atoms with Gasteiger partial charge in [-0.3, -0.25) is 19.8 Å². The minimum atomic E-state index is -1.38. The predicted octanol–water partition coefficient (Wildman–Crippen LogP) is 9.39. The summed E-state index contributed by atoms with van der Waals surface area (Å²) in [5, 5.41) is 6.30. The monoisotopic (exact) mass is 1010 g/mol. The third-order valence-electron chi connectivity index (χ3n) is 11.3. The fraction of sp³-hybridized carbons (Fsp3) is 0.375. The van der Waals surface area contributed by atoms with Crippen molar-refractivity contribution in [2.24, 2.45) is 9.98 Å². The van der Waals surface area contributed by atoms with E-state index in [4.69, 9.17) is 75.3 Å². The van der Waals surface area contributed by atoms with Crippen molar-refractivity contribution in [1.82, 2.24) is 9.80 Å². The molecule has 66 heavy (non-hydrogen) atoms. The lowest BCUT2D eigenvalue weighted by Crippen LogP contribution is -2.43. The van der Waals surface area contributed by atoms with Gasteiger partial charge in [0.1, 0.15) is 13.1 Å². The molecule has 2 atom stereocenters. The van der Waals surface area contributed by atoms with E-state index in [2.05, 4.69) is 20.4 Å². The van der Waals surface area contributed by atoms with Gasteiger partial charge in [0.25, 0.3) is 10.1 Å². The second-order valence-corrected chi connectivity index (χ2v) is 20.3. The normalized spacial score (nSPS) is 21.3. The Morgan fingerprint density at radius 3 is 1.42 bits per heavy atom. The van der Waals surface area contributed by atoms with Crippen LogP contribution in [-0.4, -0.2) is 134 Å². The van der Waals surface area contributed by atoms with E-state index in [1.54, 1.807) is 24.3 Å². The number of morpholine rings is 2. The van der Waals surface area contributed by atoms with Crippen LogP contribution >= 0.6 is 69.9 Å². The van der Waals surface area contributed by atoms with E-state index in [0.29, 0.717) is 103 Å². The number of carbonyl (C=O) groups excluding carboxylic acids is 2. The van der Waals surface area contributed by atoms with Crippen LogP contribution in [0, 0.1) is 0 Å². The summed E-state index contributed by atoms with van der Waals surface area (Å²) < 4.78 is 23.8. The minimum absolute atomic E-state index is 0.0232. The standard InChI is InChI=1S/C48H50Cl4N6O6S2/c49-33-11-13-41-37(29-33)45(35-7-1-3-9-39(35)51)53-31-47(55-41,65-27-5-17-57-19-23-61-24-20-57)63-43(59)15-16-44(60)64-48(66-28-6-18-58-21-25-62-26-22-58)32-54-46(36-8-2-4-10-40(36)52)38-30-34(50)12-14-42(38)56-48/h1-4,7-16,29-30,55-56H,5-6,17-28,31-32H2/b16-15+. The van der Waals surface area contributed by atoms with Gasteiger partial charge in [0, 0.05) is 104 Å². The molecule has 2 N–H and O–H groups in total. The van der Waals surface area contributed by atoms with Gasteiger partial charge in [-0.1, -0.05) is 106 Å². The number of nitrogens with zero attached hydrogens (tertiary/aromatic N) is 4. The van der Waals surface area contributed by atoms with Crippen LogP contribution < -0.4 is 10.6 Å². The molecule has 4 aliphatic rings. The molecule has 2 fully saturated rings. The number of rotatable bonds is 16. The summed E-state index contributed by atoms with van der Waals surface area (Å²) in [6.07, 6.45) is 3.81. The highest BCUT2D eigenvalue weighted by molar-refractivity contribution is 8.00. The number of hydrogen-bond acceptors (Lipinski definition) is 14. The fourth-order valence-corrected chi connectivity index (χ4v) is 11.0. The van der Waals surface area contributed by atoms with E-state index in [0.717, 1.165) is 64.3 Å². The van der Waals surface area contributed by atoms with E-state index in [9.17, 15) is 9.59 Å². The lowest BCUT2D eigenvalue weighted by molar-refractivity contribution is -0.146. The minimum Gasteiger partial charge on any atom is -0.424 e. The highest BCUT2D eigenvalue weighted by Crippen LogP contribution is 2.39. The van der Waals surface area contributed by atoms with Gasteiger partial charge in [0.2, 0.25) is 0 Å². The van der Waals surface area contributed by atoms with Crippen LogP contribution in [-0.2, 0) is 28.5 Å². The average Bonchev–Trinajstić information content (AvgIpc) is 3.57. The molecule has 2 unspecified atom stereocenters. The molecule has 4 aromatic carbocycles. The van der Waals surface area contributed by atoms with E-state index >= 15 is 0 Å². The van der Waals surface area contributed by atoms with Crippen molar-refractivity contribution < 1.29 is 28.5 Å². The van der Waals surface area contributed by atoms with Crippen molar-refractivity contribution in [3.8, 4) is 0 Å². The second kappa shape index (κ2) is 23.0. The molecule has 8 rings (SSSR count). The third-order valence-corrected chi connectivity index (χ3v) is 15.0. The van der Waals surface area contributed by atoms with Gasteiger partial charge in [-0.2, -0.15) is 0 Å². The maximum Gasteiger partial charge on any atom is 0.333 e. The summed E-state index contributed by atoms with van der Waals surface area (Å²) in [6.45, 7) is 8.02. The molecule has 0 bridgehead atoms. The molecular weight excluding hydrogens is 963 g/mol. The van der Waals surface area contributed by atoms with Crippen molar-refractivity contribution in [2.75, 3.05) is 101 Å². The van der Waals surface area contributed by atoms with E-state index in [-0.39, 0.29) is 13.1 Å². The molecule has 0 saturated carbocycles. The predicted molar refractivity (Wildman–Crippen MR) is 270 cm³/mol. The van der Waals surface area contributed by atoms with Crippen molar-refractivity contribution in [1.29, 1.82) is 0 Å². The first-order valence-electron chi connectivity index (χ1n) is 21.8. The lowest BCUT2D eigenvalue weighted by atomic mass is 10.0. The Balaban J connectivity index is 1.05. The maximum absolute atomic E-state index is 14.0. The number of ether oxygens (including phenoxy) is 4. The number of carbonyl (C=O) groups is 2. The van der Waals surface area contributed by atoms with Crippen molar-refractivity contribution in [3.63, 3.8) is 0 Å². The summed E-state index contributed by atoms with van der Waals surface area (Å²) in [5.41, 5.74) is 5.33. The molecule has 0 spiro atoms. The molecule has 0 radical (unpaired) electrons. The first-order valence-corrected chi connectivity index (χ1v) is 25.3. The average molecular weight is 1010 g/mol. The Morgan fingerprint density at radius 2 is 1.02 bits per heavy atom. The number of aliphatic imine (C=N–C) groups is 2. The van der Waals surface area contributed by atoms with Crippen LogP contribution in [0.5, 0.6) is 0 Å². The highest BCUT2D eigenvalue weighted by atomic mass is 35.5.